The van der Waals surface area contributed by atoms with Gasteiger partial charge >= 0.3 is 0 Å². The number of hydrogen-bond donors (Lipinski definition) is 1. The van der Waals surface area contributed by atoms with Crippen LogP contribution in [0.4, 0.5) is 5.95 Å². The third-order valence-corrected chi connectivity index (χ3v) is 4.22. The summed E-state index contributed by atoms with van der Waals surface area (Å²) in [6.07, 6.45) is 2.76. The summed E-state index contributed by atoms with van der Waals surface area (Å²) < 4.78 is 0. The van der Waals surface area contributed by atoms with Gasteiger partial charge in [0.1, 0.15) is 10.7 Å². The Morgan fingerprint density at radius 3 is 3.17 bits per heavy atom. The number of aromatic nitrogens is 2. The minimum Gasteiger partial charge on any atom is -0.388 e. The van der Waals surface area contributed by atoms with Crippen LogP contribution in [-0.4, -0.2) is 21.5 Å². The third-order valence-electron chi connectivity index (χ3n) is 2.99. The molecule has 0 amide bonds. The lowest BCUT2D eigenvalue weighted by molar-refractivity contribution is 0.717. The van der Waals surface area contributed by atoms with Gasteiger partial charge in [0.2, 0.25) is 5.95 Å². The number of hydrogen-bond acceptors (Lipinski definition) is 5. The van der Waals surface area contributed by atoms with E-state index in [1.54, 1.807) is 12.3 Å². The zero-order chi connectivity index (χ0) is 12.5. The molecule has 0 fully saturated rings. The Bertz CT molecular complexity index is 593. The van der Waals surface area contributed by atoms with E-state index in [4.69, 9.17) is 18.0 Å². The van der Waals surface area contributed by atoms with Crippen LogP contribution < -0.4 is 10.6 Å². The van der Waals surface area contributed by atoms with Crippen LogP contribution in [0.5, 0.6) is 0 Å². The first kappa shape index (κ1) is 11.6. The molecule has 0 saturated heterocycles. The summed E-state index contributed by atoms with van der Waals surface area (Å²) in [5, 5.41) is 2.14. The first-order valence-electron chi connectivity index (χ1n) is 5.67. The van der Waals surface area contributed by atoms with Crippen LogP contribution in [0.2, 0.25) is 0 Å². The van der Waals surface area contributed by atoms with E-state index in [1.807, 2.05) is 11.3 Å². The molecule has 4 nitrogen and oxygen atoms in total. The van der Waals surface area contributed by atoms with Crippen molar-refractivity contribution in [3.63, 3.8) is 0 Å². The van der Waals surface area contributed by atoms with Gasteiger partial charge in [0.15, 0.2) is 0 Å². The topological polar surface area (TPSA) is 55.0 Å². The maximum Gasteiger partial charge on any atom is 0.226 e. The molecule has 0 spiro atoms. The first-order chi connectivity index (χ1) is 8.74. The van der Waals surface area contributed by atoms with Crippen LogP contribution in [0.15, 0.2) is 23.7 Å². The van der Waals surface area contributed by atoms with E-state index in [0.29, 0.717) is 16.6 Å². The minimum absolute atomic E-state index is 0.312. The highest BCUT2D eigenvalue weighted by Crippen LogP contribution is 2.25. The number of rotatable bonds is 2. The summed E-state index contributed by atoms with van der Waals surface area (Å²) >= 11 is 6.77. The molecular weight excluding hydrogens is 264 g/mol. The molecule has 0 bridgehead atoms. The number of fused-ring (bicyclic) bond motifs is 1. The van der Waals surface area contributed by atoms with E-state index in [9.17, 15) is 0 Å². The van der Waals surface area contributed by atoms with Crippen molar-refractivity contribution in [2.75, 3.05) is 11.4 Å². The van der Waals surface area contributed by atoms with Gasteiger partial charge in [-0.3, -0.25) is 0 Å². The fraction of sp³-hybridized carbons (Fsp3) is 0.250. The van der Waals surface area contributed by atoms with Gasteiger partial charge in [-0.25, -0.2) is 9.97 Å². The van der Waals surface area contributed by atoms with E-state index in [2.05, 4.69) is 26.3 Å². The quantitative estimate of drug-likeness (QED) is 0.847. The van der Waals surface area contributed by atoms with E-state index < -0.39 is 0 Å². The SMILES string of the molecule is NC(=S)c1ccnc(N2CCc3sccc3C2)n1. The maximum absolute atomic E-state index is 5.60. The Kier molecular flexibility index (Phi) is 2.97. The highest BCUT2D eigenvalue weighted by atomic mass is 32.1. The molecule has 2 N–H and O–H groups in total. The lowest BCUT2D eigenvalue weighted by Gasteiger charge is -2.27. The molecule has 0 aromatic carbocycles. The fourth-order valence-electron chi connectivity index (χ4n) is 2.06. The standard InChI is InChI=1S/C12H12N4S2/c13-11(17)9-1-4-14-12(15-9)16-5-2-10-8(7-16)3-6-18-10/h1,3-4,6H,2,5,7H2,(H2,13,17). The zero-order valence-electron chi connectivity index (χ0n) is 9.67. The smallest absolute Gasteiger partial charge is 0.226 e. The van der Waals surface area contributed by atoms with Crippen LogP contribution in [0, 0.1) is 0 Å². The molecule has 2 aromatic heterocycles. The van der Waals surface area contributed by atoms with Gasteiger partial charge in [-0.2, -0.15) is 0 Å². The average molecular weight is 276 g/mol. The third kappa shape index (κ3) is 2.09. The molecule has 1 aliphatic heterocycles. The predicted octanol–water partition coefficient (Wildman–Crippen LogP) is 1.74. The van der Waals surface area contributed by atoms with E-state index in [1.165, 1.54) is 10.4 Å². The van der Waals surface area contributed by atoms with Gasteiger partial charge in [0.05, 0.1) is 0 Å². The van der Waals surface area contributed by atoms with Crippen LogP contribution in [-0.2, 0) is 13.0 Å². The summed E-state index contributed by atoms with van der Waals surface area (Å²) in [7, 11) is 0. The van der Waals surface area contributed by atoms with E-state index >= 15 is 0 Å². The van der Waals surface area contributed by atoms with Crippen LogP contribution in [0.1, 0.15) is 16.1 Å². The van der Waals surface area contributed by atoms with Crippen LogP contribution >= 0.6 is 23.6 Å². The minimum atomic E-state index is 0.312. The molecule has 1 aliphatic rings. The second kappa shape index (κ2) is 4.62. The van der Waals surface area contributed by atoms with Gasteiger partial charge in [-0.1, -0.05) is 12.2 Å². The fourth-order valence-corrected chi connectivity index (χ4v) is 3.06. The molecule has 2 aromatic rings. The second-order valence-electron chi connectivity index (χ2n) is 4.15. The Morgan fingerprint density at radius 1 is 1.44 bits per heavy atom. The highest BCUT2D eigenvalue weighted by Gasteiger charge is 2.19. The van der Waals surface area contributed by atoms with Crippen molar-refractivity contribution in [3.8, 4) is 0 Å². The van der Waals surface area contributed by atoms with Crippen molar-refractivity contribution < 1.29 is 0 Å². The molecule has 3 heterocycles. The molecule has 0 atom stereocenters. The molecule has 0 aliphatic carbocycles. The Labute approximate surface area is 114 Å². The highest BCUT2D eigenvalue weighted by molar-refractivity contribution is 7.80. The number of nitrogens with two attached hydrogens (primary N) is 1. The van der Waals surface area contributed by atoms with Crippen molar-refractivity contribution in [1.82, 2.24) is 9.97 Å². The van der Waals surface area contributed by atoms with Gasteiger partial charge in [0, 0.05) is 24.2 Å². The van der Waals surface area contributed by atoms with Crippen LogP contribution in [0.25, 0.3) is 0 Å². The molecule has 18 heavy (non-hydrogen) atoms. The van der Waals surface area contributed by atoms with Gasteiger partial charge in [-0.05, 0) is 29.5 Å². The molecular formula is C12H12N4S2. The summed E-state index contributed by atoms with van der Waals surface area (Å²) in [5.74, 6) is 0.706. The molecule has 0 unspecified atom stereocenters. The van der Waals surface area contributed by atoms with Crippen molar-refractivity contribution in [1.29, 1.82) is 0 Å². The largest absolute Gasteiger partial charge is 0.388 e. The average Bonchev–Trinajstić information content (AvgIpc) is 2.86. The van der Waals surface area contributed by atoms with Crippen LogP contribution in [0.3, 0.4) is 0 Å². The second-order valence-corrected chi connectivity index (χ2v) is 5.59. The van der Waals surface area contributed by atoms with Gasteiger partial charge in [0.25, 0.3) is 0 Å². The predicted molar refractivity (Wildman–Crippen MR) is 77.0 cm³/mol. The van der Waals surface area contributed by atoms with Crippen molar-refractivity contribution in [2.24, 2.45) is 5.73 Å². The van der Waals surface area contributed by atoms with Gasteiger partial charge in [-0.15, -0.1) is 11.3 Å². The van der Waals surface area contributed by atoms with E-state index in [0.717, 1.165) is 19.5 Å². The summed E-state index contributed by atoms with van der Waals surface area (Å²) in [6, 6.07) is 3.91. The molecule has 92 valence electrons. The van der Waals surface area contributed by atoms with Gasteiger partial charge < -0.3 is 10.6 Å². The normalized spacial score (nSPS) is 14.3. The first-order valence-corrected chi connectivity index (χ1v) is 6.96. The van der Waals surface area contributed by atoms with Crippen molar-refractivity contribution in [2.45, 2.75) is 13.0 Å². The molecule has 6 heteroatoms. The lowest BCUT2D eigenvalue weighted by Crippen LogP contribution is -2.31. The Balaban J connectivity index is 1.88. The van der Waals surface area contributed by atoms with Crippen molar-refractivity contribution >= 4 is 34.5 Å². The molecule has 3 rings (SSSR count). The van der Waals surface area contributed by atoms with E-state index in [-0.39, 0.29) is 0 Å². The maximum atomic E-state index is 5.60. The summed E-state index contributed by atoms with van der Waals surface area (Å²) in [4.78, 5) is 12.7. The number of anilines is 1. The molecule has 0 saturated carbocycles. The number of nitrogens with zero attached hydrogens (tertiary/aromatic N) is 3. The monoisotopic (exact) mass is 276 g/mol. The summed E-state index contributed by atoms with van der Waals surface area (Å²) in [5.41, 5.74) is 7.60. The summed E-state index contributed by atoms with van der Waals surface area (Å²) in [6.45, 7) is 1.80. The Morgan fingerprint density at radius 2 is 2.33 bits per heavy atom. The number of thiophene rings is 1. The zero-order valence-corrected chi connectivity index (χ0v) is 11.3. The number of thiocarbonyl (C=S) groups is 1. The Hall–Kier alpha value is -1.53. The molecule has 0 radical (unpaired) electrons. The lowest BCUT2D eigenvalue weighted by atomic mass is 10.1. The van der Waals surface area contributed by atoms with Crippen molar-refractivity contribution in [3.05, 3.63) is 39.8 Å².